The molecule has 0 heterocycles. The molecule has 2 aromatic carbocycles. The molecule has 0 aliphatic rings. The summed E-state index contributed by atoms with van der Waals surface area (Å²) in [6.07, 6.45) is 0.111. The Kier molecular flexibility index (Phi) is 7.14. The van der Waals surface area contributed by atoms with E-state index in [9.17, 15) is 4.79 Å². The van der Waals surface area contributed by atoms with E-state index in [-0.39, 0.29) is 12.0 Å². The van der Waals surface area contributed by atoms with Crippen LogP contribution in [0.5, 0.6) is 17.2 Å². The summed E-state index contributed by atoms with van der Waals surface area (Å²) in [6, 6.07) is 14.5. The molecule has 0 fully saturated rings. The van der Waals surface area contributed by atoms with Crippen molar-refractivity contribution in [3.63, 3.8) is 0 Å². The Morgan fingerprint density at radius 2 is 1.48 bits per heavy atom. The van der Waals surface area contributed by atoms with Crippen LogP contribution in [-0.2, 0) is 0 Å². The summed E-state index contributed by atoms with van der Waals surface area (Å²) in [7, 11) is 0. The van der Waals surface area contributed by atoms with Gasteiger partial charge in [0.1, 0.15) is 23.9 Å². The van der Waals surface area contributed by atoms with Crippen molar-refractivity contribution in [2.75, 3.05) is 19.8 Å². The largest absolute Gasteiger partial charge is 0.494 e. The molecule has 0 bridgehead atoms. The van der Waals surface area contributed by atoms with Crippen molar-refractivity contribution in [1.82, 2.24) is 5.32 Å². The van der Waals surface area contributed by atoms with Crippen molar-refractivity contribution in [3.8, 4) is 17.2 Å². The molecule has 5 heteroatoms. The number of nitrogens with one attached hydrogen (secondary N) is 1. The Hall–Kier alpha value is -2.69. The molecule has 25 heavy (non-hydrogen) atoms. The van der Waals surface area contributed by atoms with Gasteiger partial charge >= 0.3 is 0 Å². The zero-order valence-corrected chi connectivity index (χ0v) is 15.0. The Balaban J connectivity index is 1.72. The lowest BCUT2D eigenvalue weighted by Gasteiger charge is -2.11. The summed E-state index contributed by atoms with van der Waals surface area (Å²) in [5.41, 5.74) is 0.595. The van der Waals surface area contributed by atoms with Gasteiger partial charge in [0.05, 0.1) is 19.3 Å². The topological polar surface area (TPSA) is 56.8 Å². The van der Waals surface area contributed by atoms with Gasteiger partial charge in [0.25, 0.3) is 5.91 Å². The van der Waals surface area contributed by atoms with Gasteiger partial charge < -0.3 is 19.5 Å². The minimum absolute atomic E-state index is 0.111. The number of carbonyl (C=O) groups excluding carboxylic acids is 1. The molecule has 5 nitrogen and oxygen atoms in total. The molecule has 0 aliphatic carbocycles. The quantitative estimate of drug-likeness (QED) is 0.706. The van der Waals surface area contributed by atoms with E-state index >= 15 is 0 Å². The molecule has 0 spiro atoms. The number of benzene rings is 2. The fourth-order valence-electron chi connectivity index (χ4n) is 2.19. The van der Waals surface area contributed by atoms with Gasteiger partial charge in [-0.05, 0) is 69.3 Å². The Bertz CT molecular complexity index is 650. The Morgan fingerprint density at radius 3 is 2.04 bits per heavy atom. The Morgan fingerprint density at radius 1 is 0.920 bits per heavy atom. The number of amides is 1. The zero-order valence-electron chi connectivity index (χ0n) is 15.0. The number of hydrogen-bond acceptors (Lipinski definition) is 4. The van der Waals surface area contributed by atoms with Crippen molar-refractivity contribution < 1.29 is 19.0 Å². The molecule has 0 unspecified atom stereocenters. The maximum absolute atomic E-state index is 12.1. The molecule has 0 saturated heterocycles. The number of ether oxygens (including phenoxy) is 3. The van der Waals surface area contributed by atoms with Gasteiger partial charge in [-0.25, -0.2) is 0 Å². The first kappa shape index (κ1) is 18.6. The van der Waals surface area contributed by atoms with Crippen LogP contribution in [0.1, 0.15) is 31.1 Å². The molecule has 2 aromatic rings. The molecule has 1 N–H and O–H groups in total. The van der Waals surface area contributed by atoms with Crippen LogP contribution in [0.25, 0.3) is 0 Å². The van der Waals surface area contributed by atoms with Crippen LogP contribution < -0.4 is 19.5 Å². The van der Waals surface area contributed by atoms with Crippen molar-refractivity contribution in [3.05, 3.63) is 54.1 Å². The van der Waals surface area contributed by atoms with Crippen LogP contribution >= 0.6 is 0 Å². The second kappa shape index (κ2) is 9.57. The van der Waals surface area contributed by atoms with E-state index in [2.05, 4.69) is 5.32 Å². The maximum atomic E-state index is 12.1. The van der Waals surface area contributed by atoms with E-state index in [1.807, 2.05) is 45.0 Å². The number of hydrogen-bond donors (Lipinski definition) is 1. The van der Waals surface area contributed by atoms with Crippen molar-refractivity contribution in [2.24, 2.45) is 0 Å². The molecule has 0 atom stereocenters. The van der Waals surface area contributed by atoms with E-state index in [1.54, 1.807) is 24.3 Å². The fraction of sp³-hybridized carbons (Fsp3) is 0.350. The van der Waals surface area contributed by atoms with E-state index in [4.69, 9.17) is 14.2 Å². The average molecular weight is 343 g/mol. The third-order valence-electron chi connectivity index (χ3n) is 3.28. The zero-order chi connectivity index (χ0) is 18.1. The number of carbonyl (C=O) groups is 1. The van der Waals surface area contributed by atoms with Crippen LogP contribution in [0.2, 0.25) is 0 Å². The minimum Gasteiger partial charge on any atom is -0.494 e. The highest BCUT2D eigenvalue weighted by atomic mass is 16.5. The van der Waals surface area contributed by atoms with Crippen molar-refractivity contribution >= 4 is 5.91 Å². The van der Waals surface area contributed by atoms with Crippen LogP contribution in [0, 0.1) is 0 Å². The first-order valence-electron chi connectivity index (χ1n) is 8.49. The predicted octanol–water partition coefficient (Wildman–Crippen LogP) is 3.68. The minimum atomic E-state index is -0.133. The summed E-state index contributed by atoms with van der Waals surface area (Å²) in [5.74, 6) is 2.18. The first-order chi connectivity index (χ1) is 12.1. The van der Waals surface area contributed by atoms with E-state index in [0.29, 0.717) is 25.3 Å². The van der Waals surface area contributed by atoms with Gasteiger partial charge in [0, 0.05) is 5.56 Å². The van der Waals surface area contributed by atoms with Gasteiger partial charge in [0.15, 0.2) is 0 Å². The van der Waals surface area contributed by atoms with Crippen LogP contribution in [-0.4, -0.2) is 31.8 Å². The molecular formula is C20H25NO4. The van der Waals surface area contributed by atoms with Gasteiger partial charge in [-0.15, -0.1) is 0 Å². The lowest BCUT2D eigenvalue weighted by molar-refractivity contribution is 0.0947. The molecule has 0 saturated carbocycles. The summed E-state index contributed by atoms with van der Waals surface area (Å²) in [6.45, 7) is 7.33. The molecule has 2 rings (SSSR count). The predicted molar refractivity (Wildman–Crippen MR) is 97.6 cm³/mol. The monoisotopic (exact) mass is 343 g/mol. The van der Waals surface area contributed by atoms with Crippen LogP contribution in [0.3, 0.4) is 0 Å². The summed E-state index contributed by atoms with van der Waals surface area (Å²) in [5, 5.41) is 2.83. The molecule has 0 aromatic heterocycles. The van der Waals surface area contributed by atoms with Gasteiger partial charge in [-0.1, -0.05) is 0 Å². The van der Waals surface area contributed by atoms with E-state index < -0.39 is 0 Å². The van der Waals surface area contributed by atoms with Gasteiger partial charge in [0.2, 0.25) is 0 Å². The smallest absolute Gasteiger partial charge is 0.251 e. The Labute approximate surface area is 148 Å². The molecule has 1 amide bonds. The highest BCUT2D eigenvalue weighted by molar-refractivity contribution is 5.94. The standard InChI is InChI=1S/C20H25NO4/c1-4-23-17-9-11-18(12-10-17)24-14-13-21-20(22)16-5-7-19(8-6-16)25-15(2)3/h5-12,15H,4,13-14H2,1-3H3,(H,21,22). The lowest BCUT2D eigenvalue weighted by atomic mass is 10.2. The summed E-state index contributed by atoms with van der Waals surface area (Å²) >= 11 is 0. The highest BCUT2D eigenvalue weighted by Gasteiger charge is 2.06. The average Bonchev–Trinajstić information content (AvgIpc) is 2.60. The molecule has 134 valence electrons. The summed E-state index contributed by atoms with van der Waals surface area (Å²) in [4.78, 5) is 12.1. The highest BCUT2D eigenvalue weighted by Crippen LogP contribution is 2.17. The number of rotatable bonds is 9. The molecule has 0 aliphatic heterocycles. The van der Waals surface area contributed by atoms with E-state index in [0.717, 1.165) is 17.2 Å². The first-order valence-corrected chi connectivity index (χ1v) is 8.49. The fourth-order valence-corrected chi connectivity index (χ4v) is 2.19. The van der Waals surface area contributed by atoms with E-state index in [1.165, 1.54) is 0 Å². The van der Waals surface area contributed by atoms with Gasteiger partial charge in [-0.3, -0.25) is 4.79 Å². The molecule has 0 radical (unpaired) electrons. The second-order valence-corrected chi connectivity index (χ2v) is 5.70. The van der Waals surface area contributed by atoms with Crippen molar-refractivity contribution in [1.29, 1.82) is 0 Å². The second-order valence-electron chi connectivity index (χ2n) is 5.70. The van der Waals surface area contributed by atoms with Crippen LogP contribution in [0.4, 0.5) is 0 Å². The van der Waals surface area contributed by atoms with Crippen LogP contribution in [0.15, 0.2) is 48.5 Å². The third-order valence-corrected chi connectivity index (χ3v) is 3.28. The normalized spacial score (nSPS) is 10.4. The van der Waals surface area contributed by atoms with Gasteiger partial charge in [-0.2, -0.15) is 0 Å². The SMILES string of the molecule is CCOc1ccc(OCCNC(=O)c2ccc(OC(C)C)cc2)cc1. The molecular weight excluding hydrogens is 318 g/mol. The lowest BCUT2D eigenvalue weighted by Crippen LogP contribution is -2.28. The summed E-state index contributed by atoms with van der Waals surface area (Å²) < 4.78 is 16.5. The van der Waals surface area contributed by atoms with Crippen molar-refractivity contribution in [2.45, 2.75) is 26.9 Å². The maximum Gasteiger partial charge on any atom is 0.251 e. The third kappa shape index (κ3) is 6.37.